The molecule has 0 saturated carbocycles. The van der Waals surface area contributed by atoms with Crippen LogP contribution in [-0.2, 0) is 14.3 Å². The van der Waals surface area contributed by atoms with Crippen molar-refractivity contribution in [3.05, 3.63) is 24.3 Å². The summed E-state index contributed by atoms with van der Waals surface area (Å²) >= 11 is 0. The molecule has 0 aliphatic carbocycles. The van der Waals surface area contributed by atoms with Crippen LogP contribution in [0.4, 0.5) is 10.5 Å². The van der Waals surface area contributed by atoms with Crippen molar-refractivity contribution in [3.8, 4) is 5.75 Å². The van der Waals surface area contributed by atoms with Crippen molar-refractivity contribution in [2.45, 2.75) is 13.0 Å². The van der Waals surface area contributed by atoms with Crippen molar-refractivity contribution in [2.75, 3.05) is 57.8 Å². The molecule has 2 heterocycles. The first-order valence-electron chi connectivity index (χ1n) is 9.45. The van der Waals surface area contributed by atoms with E-state index in [2.05, 4.69) is 5.32 Å². The Bertz CT molecular complexity index is 733. The predicted molar refractivity (Wildman–Crippen MR) is 102 cm³/mol. The maximum absolute atomic E-state index is 12.8. The molecule has 0 radical (unpaired) electrons. The monoisotopic (exact) mass is 390 g/mol. The zero-order valence-corrected chi connectivity index (χ0v) is 16.2. The number of amides is 3. The summed E-state index contributed by atoms with van der Waals surface area (Å²) in [6, 6.07) is 7.37. The smallest absolute Gasteiger partial charge is 0.409 e. The van der Waals surface area contributed by atoms with E-state index >= 15 is 0 Å². The third kappa shape index (κ3) is 4.29. The number of piperazine rings is 1. The topological polar surface area (TPSA) is 91.4 Å². The number of hydrogen-bond acceptors (Lipinski definition) is 6. The Hall–Kier alpha value is -2.97. The number of anilines is 1. The van der Waals surface area contributed by atoms with Crippen LogP contribution in [-0.4, -0.2) is 86.7 Å². The van der Waals surface area contributed by atoms with Gasteiger partial charge in [0.25, 0.3) is 5.91 Å². The molecule has 3 rings (SSSR count). The Kier molecular flexibility index (Phi) is 6.23. The minimum atomic E-state index is -0.673. The molecular formula is C19H26N4O5. The molecule has 28 heavy (non-hydrogen) atoms. The second-order valence-corrected chi connectivity index (χ2v) is 6.64. The van der Waals surface area contributed by atoms with Gasteiger partial charge in [-0.25, -0.2) is 4.79 Å². The molecular weight excluding hydrogens is 364 g/mol. The molecule has 152 valence electrons. The van der Waals surface area contributed by atoms with Crippen LogP contribution >= 0.6 is 0 Å². The maximum Gasteiger partial charge on any atom is 0.409 e. The van der Waals surface area contributed by atoms with Crippen LogP contribution in [0.3, 0.4) is 0 Å². The summed E-state index contributed by atoms with van der Waals surface area (Å²) in [6.07, 6.45) is -1.02. The Balaban J connectivity index is 1.63. The van der Waals surface area contributed by atoms with E-state index in [1.54, 1.807) is 29.8 Å². The van der Waals surface area contributed by atoms with Crippen LogP contribution < -0.4 is 15.0 Å². The van der Waals surface area contributed by atoms with Crippen molar-refractivity contribution < 1.29 is 23.9 Å². The predicted octanol–water partition coefficient (Wildman–Crippen LogP) is 0.301. The van der Waals surface area contributed by atoms with Gasteiger partial charge >= 0.3 is 6.09 Å². The first-order chi connectivity index (χ1) is 13.5. The van der Waals surface area contributed by atoms with E-state index in [4.69, 9.17) is 9.47 Å². The molecule has 9 heteroatoms. The fraction of sp³-hybridized carbons (Fsp3) is 0.526. The van der Waals surface area contributed by atoms with Crippen LogP contribution in [0.25, 0.3) is 0 Å². The van der Waals surface area contributed by atoms with Crippen molar-refractivity contribution in [3.63, 3.8) is 0 Å². The highest BCUT2D eigenvalue weighted by molar-refractivity contribution is 5.86. The summed E-state index contributed by atoms with van der Waals surface area (Å²) in [5.74, 6) is 0.313. The highest BCUT2D eigenvalue weighted by atomic mass is 16.6. The first kappa shape index (κ1) is 19.8. The van der Waals surface area contributed by atoms with E-state index in [1.165, 1.54) is 0 Å². The molecule has 1 fully saturated rings. The molecule has 1 aromatic carbocycles. The van der Waals surface area contributed by atoms with Gasteiger partial charge in [-0.15, -0.1) is 0 Å². The minimum Gasteiger partial charge on any atom is -0.477 e. The van der Waals surface area contributed by atoms with Crippen LogP contribution in [0.2, 0.25) is 0 Å². The Morgan fingerprint density at radius 2 is 1.82 bits per heavy atom. The fourth-order valence-corrected chi connectivity index (χ4v) is 3.37. The number of hydrogen-bond donors (Lipinski definition) is 1. The molecule has 2 aliphatic rings. The SMILES string of the molecule is CCOC(=O)N1CCN(C(=O)CN2C[C@@H](C(=O)NC)Oc3ccccc32)CC1. The number of benzene rings is 1. The molecule has 0 spiro atoms. The maximum atomic E-state index is 12.8. The van der Waals surface area contributed by atoms with Gasteiger partial charge in [0.05, 0.1) is 25.4 Å². The number of likely N-dealkylation sites (N-methyl/N-ethyl adjacent to an activating group) is 1. The lowest BCUT2D eigenvalue weighted by Crippen LogP contribution is -2.55. The number of rotatable bonds is 4. The summed E-state index contributed by atoms with van der Waals surface area (Å²) in [4.78, 5) is 41.9. The van der Waals surface area contributed by atoms with Crippen molar-refractivity contribution in [2.24, 2.45) is 0 Å². The van der Waals surface area contributed by atoms with Crippen LogP contribution in [0.15, 0.2) is 24.3 Å². The van der Waals surface area contributed by atoms with Crippen LogP contribution in [0.5, 0.6) is 5.75 Å². The summed E-state index contributed by atoms with van der Waals surface area (Å²) in [7, 11) is 1.56. The van der Waals surface area contributed by atoms with Gasteiger partial charge < -0.3 is 29.5 Å². The zero-order chi connectivity index (χ0) is 20.1. The lowest BCUT2D eigenvalue weighted by atomic mass is 10.1. The summed E-state index contributed by atoms with van der Waals surface area (Å²) < 4.78 is 10.8. The largest absolute Gasteiger partial charge is 0.477 e. The standard InChI is InChI=1S/C19H26N4O5/c1-3-27-19(26)22-10-8-21(9-11-22)17(24)13-23-12-16(18(25)20-2)28-15-7-5-4-6-14(15)23/h4-7,16H,3,8-13H2,1-2H3,(H,20,25)/t16-/m0/s1. The molecule has 1 aromatic rings. The van der Waals surface area contributed by atoms with E-state index in [0.717, 1.165) is 5.69 Å². The number of nitrogens with one attached hydrogen (secondary N) is 1. The summed E-state index contributed by atoms with van der Waals surface area (Å²) in [5.41, 5.74) is 0.793. The highest BCUT2D eigenvalue weighted by Crippen LogP contribution is 2.33. The van der Waals surface area contributed by atoms with Gasteiger partial charge in [-0.05, 0) is 19.1 Å². The summed E-state index contributed by atoms with van der Waals surface area (Å²) in [5, 5.41) is 2.59. The molecule has 9 nitrogen and oxygen atoms in total. The van der Waals surface area contributed by atoms with Crippen molar-refractivity contribution >= 4 is 23.6 Å². The molecule has 1 saturated heterocycles. The lowest BCUT2D eigenvalue weighted by Gasteiger charge is -2.38. The second-order valence-electron chi connectivity index (χ2n) is 6.64. The minimum absolute atomic E-state index is 0.0455. The lowest BCUT2D eigenvalue weighted by molar-refractivity contribution is -0.132. The van der Waals surface area contributed by atoms with Crippen LogP contribution in [0, 0.1) is 0 Å². The van der Waals surface area contributed by atoms with Gasteiger partial charge in [-0.1, -0.05) is 12.1 Å². The van der Waals surface area contributed by atoms with E-state index in [0.29, 0.717) is 45.1 Å². The third-order valence-corrected chi connectivity index (χ3v) is 4.88. The van der Waals surface area contributed by atoms with Gasteiger partial charge in [-0.3, -0.25) is 9.59 Å². The van der Waals surface area contributed by atoms with E-state index in [9.17, 15) is 14.4 Å². The van der Waals surface area contributed by atoms with Gasteiger partial charge in [0.1, 0.15) is 5.75 Å². The number of carbonyl (C=O) groups excluding carboxylic acids is 3. The number of nitrogens with zero attached hydrogens (tertiary/aromatic N) is 3. The third-order valence-electron chi connectivity index (χ3n) is 4.88. The van der Waals surface area contributed by atoms with E-state index in [1.807, 2.05) is 23.1 Å². The molecule has 1 N–H and O–H groups in total. The molecule has 0 bridgehead atoms. The quantitative estimate of drug-likeness (QED) is 0.795. The Morgan fingerprint density at radius 3 is 2.50 bits per heavy atom. The van der Waals surface area contributed by atoms with Gasteiger partial charge in [0.2, 0.25) is 5.91 Å². The van der Waals surface area contributed by atoms with Gasteiger partial charge in [0.15, 0.2) is 6.10 Å². The van der Waals surface area contributed by atoms with Crippen molar-refractivity contribution in [1.29, 1.82) is 0 Å². The Morgan fingerprint density at radius 1 is 1.14 bits per heavy atom. The summed E-state index contributed by atoms with van der Waals surface area (Å²) in [6.45, 7) is 4.37. The molecule has 0 unspecified atom stereocenters. The molecule has 1 atom stereocenters. The average molecular weight is 390 g/mol. The highest BCUT2D eigenvalue weighted by Gasteiger charge is 2.32. The number of para-hydroxylation sites is 2. The molecule has 0 aromatic heterocycles. The first-order valence-corrected chi connectivity index (χ1v) is 9.45. The van der Waals surface area contributed by atoms with E-state index < -0.39 is 6.10 Å². The number of fused-ring (bicyclic) bond motifs is 1. The number of ether oxygens (including phenoxy) is 2. The fourth-order valence-electron chi connectivity index (χ4n) is 3.37. The average Bonchev–Trinajstić information content (AvgIpc) is 2.73. The molecule has 2 aliphatic heterocycles. The van der Waals surface area contributed by atoms with Gasteiger partial charge in [0, 0.05) is 33.2 Å². The number of carbonyl (C=O) groups is 3. The Labute approximate surface area is 164 Å². The second kappa shape index (κ2) is 8.81. The van der Waals surface area contributed by atoms with Gasteiger partial charge in [-0.2, -0.15) is 0 Å². The van der Waals surface area contributed by atoms with E-state index in [-0.39, 0.29) is 24.5 Å². The zero-order valence-electron chi connectivity index (χ0n) is 16.2. The van der Waals surface area contributed by atoms with Crippen LogP contribution in [0.1, 0.15) is 6.92 Å². The molecule has 3 amide bonds. The normalized spacial score (nSPS) is 18.8. The van der Waals surface area contributed by atoms with Crippen molar-refractivity contribution in [1.82, 2.24) is 15.1 Å².